The van der Waals surface area contributed by atoms with E-state index in [1.807, 2.05) is 6.07 Å². The number of carbonyl (C=O) groups is 2. The van der Waals surface area contributed by atoms with Gasteiger partial charge in [0.2, 0.25) is 5.91 Å². The summed E-state index contributed by atoms with van der Waals surface area (Å²) in [5, 5.41) is 5.67. The molecule has 2 saturated carbocycles. The molecule has 3 rings (SSSR count). The van der Waals surface area contributed by atoms with Crippen LogP contribution in [0.1, 0.15) is 42.5 Å². The van der Waals surface area contributed by atoms with Gasteiger partial charge in [0.1, 0.15) is 0 Å². The summed E-state index contributed by atoms with van der Waals surface area (Å²) in [6.07, 6.45) is 5.68. The number of carbonyl (C=O) groups excluding carboxylic acids is 2. The quantitative estimate of drug-likeness (QED) is 0.752. The predicted octanol–water partition coefficient (Wildman–Crippen LogP) is 2.14. The molecule has 2 amide bonds. The smallest absolute Gasteiger partial charge is 0.253 e. The van der Waals surface area contributed by atoms with E-state index in [4.69, 9.17) is 5.73 Å². The number of hydrogen-bond acceptors (Lipinski definition) is 3. The molecule has 3 atom stereocenters. The van der Waals surface area contributed by atoms with Gasteiger partial charge in [-0.2, -0.15) is 0 Å². The van der Waals surface area contributed by atoms with Crippen molar-refractivity contribution >= 4 is 17.5 Å². The Kier molecular flexibility index (Phi) is 4.96. The zero-order valence-electron chi connectivity index (χ0n) is 13.4. The third-order valence-corrected chi connectivity index (χ3v) is 5.21. The number of rotatable bonds is 6. The largest absolute Gasteiger partial charge is 0.351 e. The average molecular weight is 315 g/mol. The fraction of sp³-hybridized carbons (Fsp3) is 0.556. The Morgan fingerprint density at radius 1 is 1.17 bits per heavy atom. The van der Waals surface area contributed by atoms with Gasteiger partial charge in [0, 0.05) is 19.5 Å². The molecule has 0 spiro atoms. The highest BCUT2D eigenvalue weighted by Crippen LogP contribution is 2.49. The summed E-state index contributed by atoms with van der Waals surface area (Å²) in [5.74, 6) is 1.90. The van der Waals surface area contributed by atoms with Crippen molar-refractivity contribution in [1.82, 2.24) is 5.32 Å². The lowest BCUT2D eigenvalue weighted by atomic mass is 9.86. The lowest BCUT2D eigenvalue weighted by molar-refractivity contribution is -0.117. The molecule has 4 N–H and O–H groups in total. The molecule has 2 bridgehead atoms. The van der Waals surface area contributed by atoms with Crippen LogP contribution < -0.4 is 16.4 Å². The first-order valence-electron chi connectivity index (χ1n) is 8.54. The van der Waals surface area contributed by atoms with Crippen LogP contribution in [0.5, 0.6) is 0 Å². The fourth-order valence-corrected chi connectivity index (χ4v) is 4.14. The van der Waals surface area contributed by atoms with E-state index in [2.05, 4.69) is 10.6 Å². The monoisotopic (exact) mass is 315 g/mol. The lowest BCUT2D eigenvalue weighted by Crippen LogP contribution is -2.30. The minimum atomic E-state index is -0.203. The summed E-state index contributed by atoms with van der Waals surface area (Å²) in [6.45, 7) is 0.816. The van der Waals surface area contributed by atoms with Crippen LogP contribution in [-0.2, 0) is 4.79 Å². The van der Waals surface area contributed by atoms with Crippen molar-refractivity contribution in [2.45, 2.75) is 32.1 Å². The molecule has 2 aliphatic rings. The molecule has 1 aromatic carbocycles. The number of nitrogens with two attached hydrogens (primary N) is 1. The van der Waals surface area contributed by atoms with Crippen molar-refractivity contribution in [1.29, 1.82) is 0 Å². The van der Waals surface area contributed by atoms with Gasteiger partial charge in [-0.25, -0.2) is 0 Å². The van der Waals surface area contributed by atoms with Crippen LogP contribution in [0.4, 0.5) is 5.69 Å². The van der Waals surface area contributed by atoms with Crippen LogP contribution in [0.3, 0.4) is 0 Å². The first-order valence-corrected chi connectivity index (χ1v) is 8.54. The number of fused-ring (bicyclic) bond motifs is 2. The third kappa shape index (κ3) is 3.72. The first-order chi connectivity index (χ1) is 11.2. The number of amides is 2. The predicted molar refractivity (Wildman–Crippen MR) is 90.0 cm³/mol. The van der Waals surface area contributed by atoms with Crippen LogP contribution in [0, 0.1) is 17.8 Å². The maximum atomic E-state index is 12.4. The van der Waals surface area contributed by atoms with Gasteiger partial charge in [0.15, 0.2) is 0 Å². The number of nitrogens with one attached hydrogen (secondary N) is 2. The summed E-state index contributed by atoms with van der Waals surface area (Å²) in [5.41, 5.74) is 6.48. The molecule has 2 fully saturated rings. The van der Waals surface area contributed by atoms with E-state index in [-0.39, 0.29) is 11.8 Å². The topological polar surface area (TPSA) is 84.2 Å². The van der Waals surface area contributed by atoms with Crippen LogP contribution in [0.2, 0.25) is 0 Å². The van der Waals surface area contributed by atoms with Crippen molar-refractivity contribution in [3.05, 3.63) is 29.8 Å². The molecular weight excluding hydrogens is 290 g/mol. The minimum absolute atomic E-state index is 0.0154. The van der Waals surface area contributed by atoms with Gasteiger partial charge in [-0.1, -0.05) is 18.6 Å². The van der Waals surface area contributed by atoms with Crippen LogP contribution >= 0.6 is 0 Å². The Bertz CT molecular complexity index is 587. The van der Waals surface area contributed by atoms with Gasteiger partial charge in [-0.3, -0.25) is 9.59 Å². The van der Waals surface area contributed by atoms with E-state index in [1.165, 1.54) is 25.7 Å². The maximum absolute atomic E-state index is 12.4. The van der Waals surface area contributed by atoms with E-state index < -0.39 is 0 Å². The molecule has 0 heterocycles. The first kappa shape index (κ1) is 16.0. The van der Waals surface area contributed by atoms with Gasteiger partial charge >= 0.3 is 0 Å². The highest BCUT2D eigenvalue weighted by molar-refractivity contribution is 6.03. The Labute approximate surface area is 137 Å². The van der Waals surface area contributed by atoms with E-state index in [9.17, 15) is 9.59 Å². The minimum Gasteiger partial charge on any atom is -0.351 e. The van der Waals surface area contributed by atoms with Crippen molar-refractivity contribution in [2.24, 2.45) is 23.5 Å². The molecule has 3 unspecified atom stereocenters. The SMILES string of the molecule is NCCNC(=O)c1ccccc1NC(=O)CC1CC2CCC1C2. The van der Waals surface area contributed by atoms with Crippen molar-refractivity contribution < 1.29 is 9.59 Å². The molecule has 2 aliphatic carbocycles. The number of benzene rings is 1. The second-order valence-electron chi connectivity index (χ2n) is 6.78. The standard InChI is InChI=1S/C18H25N3O2/c19-7-8-20-18(23)15-3-1-2-4-16(15)21-17(22)11-14-10-12-5-6-13(14)9-12/h1-4,12-14H,5-11,19H2,(H,20,23)(H,21,22). The summed E-state index contributed by atoms with van der Waals surface area (Å²) in [7, 11) is 0. The lowest BCUT2D eigenvalue weighted by Gasteiger charge is -2.21. The van der Waals surface area contributed by atoms with Gasteiger partial charge in [-0.15, -0.1) is 0 Å². The van der Waals surface area contributed by atoms with Crippen molar-refractivity contribution in [2.75, 3.05) is 18.4 Å². The summed E-state index contributed by atoms with van der Waals surface area (Å²) in [4.78, 5) is 24.5. The van der Waals surface area contributed by atoms with E-state index in [1.54, 1.807) is 18.2 Å². The van der Waals surface area contributed by atoms with Crippen molar-refractivity contribution in [3.63, 3.8) is 0 Å². The second-order valence-corrected chi connectivity index (χ2v) is 6.78. The molecule has 124 valence electrons. The van der Waals surface area contributed by atoms with Crippen LogP contribution in [0.25, 0.3) is 0 Å². The fourth-order valence-electron chi connectivity index (χ4n) is 4.14. The van der Waals surface area contributed by atoms with E-state index >= 15 is 0 Å². The summed E-state index contributed by atoms with van der Waals surface area (Å²) in [6, 6.07) is 7.12. The average Bonchev–Trinajstić information content (AvgIpc) is 3.15. The van der Waals surface area contributed by atoms with Crippen LogP contribution in [-0.4, -0.2) is 24.9 Å². The molecule has 1 aromatic rings. The third-order valence-electron chi connectivity index (χ3n) is 5.21. The molecule has 0 aromatic heterocycles. The maximum Gasteiger partial charge on any atom is 0.253 e. The number of para-hydroxylation sites is 1. The molecule has 5 heteroatoms. The Morgan fingerprint density at radius 2 is 2.00 bits per heavy atom. The number of hydrogen-bond donors (Lipinski definition) is 3. The Balaban J connectivity index is 1.61. The molecule has 0 radical (unpaired) electrons. The highest BCUT2D eigenvalue weighted by atomic mass is 16.2. The molecular formula is C18H25N3O2. The van der Waals surface area contributed by atoms with Gasteiger partial charge < -0.3 is 16.4 Å². The zero-order chi connectivity index (χ0) is 16.2. The number of anilines is 1. The van der Waals surface area contributed by atoms with Crippen LogP contribution in [0.15, 0.2) is 24.3 Å². The summed E-state index contributed by atoms with van der Waals surface area (Å²) < 4.78 is 0. The molecule has 0 saturated heterocycles. The highest BCUT2D eigenvalue weighted by Gasteiger charge is 2.40. The van der Waals surface area contributed by atoms with Gasteiger partial charge in [0.25, 0.3) is 5.91 Å². The van der Waals surface area contributed by atoms with Gasteiger partial charge in [-0.05, 0) is 49.1 Å². The Hall–Kier alpha value is -1.88. The normalized spacial score (nSPS) is 25.3. The summed E-state index contributed by atoms with van der Waals surface area (Å²) >= 11 is 0. The van der Waals surface area contributed by atoms with E-state index in [0.29, 0.717) is 36.7 Å². The van der Waals surface area contributed by atoms with Gasteiger partial charge in [0.05, 0.1) is 11.3 Å². The van der Waals surface area contributed by atoms with Crippen molar-refractivity contribution in [3.8, 4) is 0 Å². The molecule has 0 aliphatic heterocycles. The second kappa shape index (κ2) is 7.13. The van der Waals surface area contributed by atoms with E-state index in [0.717, 1.165) is 11.8 Å². The molecule has 5 nitrogen and oxygen atoms in total. The Morgan fingerprint density at radius 3 is 2.70 bits per heavy atom. The molecule has 23 heavy (non-hydrogen) atoms. The zero-order valence-corrected chi connectivity index (χ0v) is 13.4.